The van der Waals surface area contributed by atoms with Crippen molar-refractivity contribution in [2.45, 2.75) is 33.2 Å². The summed E-state index contributed by atoms with van der Waals surface area (Å²) in [7, 11) is 0. The van der Waals surface area contributed by atoms with Crippen LogP contribution in [0.25, 0.3) is 11.2 Å². The van der Waals surface area contributed by atoms with Crippen LogP contribution in [0.15, 0.2) is 9.59 Å². The second-order valence-electron chi connectivity index (χ2n) is 3.64. The minimum Gasteiger partial charge on any atom is -0.336 e. The zero-order valence-electron chi connectivity index (χ0n) is 9.33. The Morgan fingerprint density at radius 1 is 1.25 bits per heavy atom. The minimum absolute atomic E-state index is 0.380. The van der Waals surface area contributed by atoms with E-state index in [-0.39, 0.29) is 0 Å². The van der Waals surface area contributed by atoms with Crippen molar-refractivity contribution in [1.29, 1.82) is 0 Å². The van der Waals surface area contributed by atoms with Gasteiger partial charge in [-0.15, -0.1) is 0 Å². The van der Waals surface area contributed by atoms with Gasteiger partial charge in [-0.25, -0.2) is 9.78 Å². The minimum atomic E-state index is -0.408. The molecule has 0 atom stereocenters. The summed E-state index contributed by atoms with van der Waals surface area (Å²) in [5.41, 5.74) is 0.0127. The maximum absolute atomic E-state index is 11.5. The Labute approximate surface area is 91.3 Å². The summed E-state index contributed by atoms with van der Waals surface area (Å²) in [5.74, 6) is 0.746. The first-order chi connectivity index (χ1) is 7.67. The van der Waals surface area contributed by atoms with Gasteiger partial charge >= 0.3 is 5.69 Å². The molecule has 0 saturated heterocycles. The van der Waals surface area contributed by atoms with Crippen molar-refractivity contribution in [3.8, 4) is 0 Å². The molecule has 0 spiro atoms. The van der Waals surface area contributed by atoms with E-state index in [1.165, 1.54) is 4.57 Å². The van der Waals surface area contributed by atoms with Crippen LogP contribution in [-0.2, 0) is 13.0 Å². The first kappa shape index (κ1) is 10.7. The molecular formula is C10H14N4O2. The Bertz CT molecular complexity index is 620. The zero-order valence-corrected chi connectivity index (χ0v) is 9.33. The fourth-order valence-corrected chi connectivity index (χ4v) is 1.74. The Morgan fingerprint density at radius 3 is 2.62 bits per heavy atom. The highest BCUT2D eigenvalue weighted by Crippen LogP contribution is 2.06. The van der Waals surface area contributed by atoms with Crippen LogP contribution < -0.4 is 11.2 Å². The molecule has 0 aliphatic rings. The molecule has 0 amide bonds. The van der Waals surface area contributed by atoms with Gasteiger partial charge in [0.05, 0.1) is 0 Å². The largest absolute Gasteiger partial charge is 0.336 e. The monoisotopic (exact) mass is 222 g/mol. The molecule has 16 heavy (non-hydrogen) atoms. The van der Waals surface area contributed by atoms with Crippen molar-refractivity contribution < 1.29 is 0 Å². The highest BCUT2D eigenvalue weighted by atomic mass is 16.2. The number of aromatic amines is 2. The van der Waals surface area contributed by atoms with Crippen molar-refractivity contribution in [3.63, 3.8) is 0 Å². The van der Waals surface area contributed by atoms with E-state index in [4.69, 9.17) is 0 Å². The van der Waals surface area contributed by atoms with Gasteiger partial charge in [0, 0.05) is 13.0 Å². The summed E-state index contributed by atoms with van der Waals surface area (Å²) >= 11 is 0. The van der Waals surface area contributed by atoms with Gasteiger partial charge in [-0.1, -0.05) is 6.92 Å². The molecule has 2 rings (SSSR count). The molecule has 0 bridgehead atoms. The SMILES string of the molecule is CCCc1nc2c([nH]1)c(=O)[nH]c(=O)n2CC. The molecule has 6 nitrogen and oxygen atoms in total. The van der Waals surface area contributed by atoms with Crippen LogP contribution in [0.3, 0.4) is 0 Å². The van der Waals surface area contributed by atoms with E-state index in [1.807, 2.05) is 13.8 Å². The molecular weight excluding hydrogens is 208 g/mol. The first-order valence-electron chi connectivity index (χ1n) is 5.39. The van der Waals surface area contributed by atoms with Crippen LogP contribution in [0.1, 0.15) is 26.1 Å². The van der Waals surface area contributed by atoms with E-state index in [9.17, 15) is 9.59 Å². The van der Waals surface area contributed by atoms with Crippen molar-refractivity contribution in [3.05, 3.63) is 26.7 Å². The maximum atomic E-state index is 11.5. The Morgan fingerprint density at radius 2 is 2.00 bits per heavy atom. The Balaban J connectivity index is 2.79. The number of fused-ring (bicyclic) bond motifs is 1. The third-order valence-electron chi connectivity index (χ3n) is 2.49. The van der Waals surface area contributed by atoms with E-state index in [0.717, 1.165) is 18.7 Å². The van der Waals surface area contributed by atoms with Crippen molar-refractivity contribution in [2.24, 2.45) is 0 Å². The zero-order chi connectivity index (χ0) is 11.7. The summed E-state index contributed by atoms with van der Waals surface area (Å²) in [6.07, 6.45) is 1.71. The van der Waals surface area contributed by atoms with E-state index < -0.39 is 11.2 Å². The third-order valence-corrected chi connectivity index (χ3v) is 2.49. The van der Waals surface area contributed by atoms with Crippen LogP contribution in [-0.4, -0.2) is 19.5 Å². The lowest BCUT2D eigenvalue weighted by Gasteiger charge is -1.99. The molecule has 0 radical (unpaired) electrons. The van der Waals surface area contributed by atoms with Crippen molar-refractivity contribution >= 4 is 11.2 Å². The van der Waals surface area contributed by atoms with E-state index in [0.29, 0.717) is 17.7 Å². The van der Waals surface area contributed by atoms with Gasteiger partial charge in [-0.2, -0.15) is 0 Å². The van der Waals surface area contributed by atoms with Crippen LogP contribution >= 0.6 is 0 Å². The first-order valence-corrected chi connectivity index (χ1v) is 5.39. The second kappa shape index (κ2) is 3.96. The molecule has 0 aliphatic carbocycles. The summed E-state index contributed by atoms with van der Waals surface area (Å²) < 4.78 is 1.45. The lowest BCUT2D eigenvalue weighted by atomic mass is 10.3. The smallest absolute Gasteiger partial charge is 0.330 e. The van der Waals surface area contributed by atoms with Crippen LogP contribution in [0.2, 0.25) is 0 Å². The molecule has 2 N–H and O–H groups in total. The molecule has 0 aliphatic heterocycles. The number of nitrogens with zero attached hydrogens (tertiary/aromatic N) is 2. The van der Waals surface area contributed by atoms with Crippen LogP contribution in [0.5, 0.6) is 0 Å². The van der Waals surface area contributed by atoms with Gasteiger partial charge in [-0.3, -0.25) is 14.3 Å². The van der Waals surface area contributed by atoms with E-state index in [1.54, 1.807) is 0 Å². The summed E-state index contributed by atoms with van der Waals surface area (Å²) in [6, 6.07) is 0. The molecule has 0 saturated carbocycles. The van der Waals surface area contributed by atoms with Gasteiger partial charge in [-0.05, 0) is 13.3 Å². The van der Waals surface area contributed by atoms with Gasteiger partial charge in [0.15, 0.2) is 5.65 Å². The molecule has 86 valence electrons. The van der Waals surface area contributed by atoms with Crippen LogP contribution in [0.4, 0.5) is 0 Å². The van der Waals surface area contributed by atoms with Gasteiger partial charge in [0.2, 0.25) is 0 Å². The average Bonchev–Trinajstić information content (AvgIpc) is 2.63. The number of hydrogen-bond acceptors (Lipinski definition) is 3. The molecule has 0 fully saturated rings. The van der Waals surface area contributed by atoms with Crippen molar-refractivity contribution in [1.82, 2.24) is 19.5 Å². The molecule has 2 aromatic heterocycles. The van der Waals surface area contributed by atoms with Gasteiger partial charge in [0.1, 0.15) is 11.3 Å². The molecule has 0 unspecified atom stereocenters. The summed E-state index contributed by atoms with van der Waals surface area (Å²) in [5, 5.41) is 0. The number of rotatable bonds is 3. The standard InChI is InChI=1S/C10H14N4O2/c1-3-5-6-11-7-8(12-6)14(4-2)10(16)13-9(7)15/h3-5H2,1-2H3,(H,11,12)(H,13,15,16). The fourth-order valence-electron chi connectivity index (χ4n) is 1.74. The third kappa shape index (κ3) is 1.56. The number of aryl methyl sites for hydroxylation is 2. The Hall–Kier alpha value is -1.85. The normalized spacial score (nSPS) is 11.1. The average molecular weight is 222 g/mol. The Kier molecular flexibility index (Phi) is 2.64. The van der Waals surface area contributed by atoms with E-state index in [2.05, 4.69) is 15.0 Å². The quantitative estimate of drug-likeness (QED) is 0.787. The highest BCUT2D eigenvalue weighted by Gasteiger charge is 2.10. The van der Waals surface area contributed by atoms with Gasteiger partial charge in [0.25, 0.3) is 5.56 Å². The number of nitrogens with one attached hydrogen (secondary N) is 2. The lowest BCUT2D eigenvalue weighted by Crippen LogP contribution is -2.29. The molecule has 2 aromatic rings. The highest BCUT2D eigenvalue weighted by molar-refractivity contribution is 5.69. The predicted octanol–water partition coefficient (Wildman–Crippen LogP) is 0.385. The van der Waals surface area contributed by atoms with Crippen molar-refractivity contribution in [2.75, 3.05) is 0 Å². The maximum Gasteiger partial charge on any atom is 0.330 e. The lowest BCUT2D eigenvalue weighted by molar-refractivity contribution is 0.718. The van der Waals surface area contributed by atoms with Crippen LogP contribution in [0, 0.1) is 0 Å². The number of imidazole rings is 1. The molecule has 2 heterocycles. The fraction of sp³-hybridized carbons (Fsp3) is 0.500. The van der Waals surface area contributed by atoms with E-state index >= 15 is 0 Å². The molecule has 0 aromatic carbocycles. The van der Waals surface area contributed by atoms with Gasteiger partial charge < -0.3 is 4.98 Å². The number of hydrogen-bond donors (Lipinski definition) is 2. The predicted molar refractivity (Wildman–Crippen MR) is 60.6 cm³/mol. The molecule has 6 heteroatoms. The second-order valence-corrected chi connectivity index (χ2v) is 3.64. The summed E-state index contributed by atoms with van der Waals surface area (Å²) in [4.78, 5) is 32.6. The number of H-pyrrole nitrogens is 2. The number of aromatic nitrogens is 4. The topological polar surface area (TPSA) is 83.5 Å². The summed E-state index contributed by atoms with van der Waals surface area (Å²) in [6.45, 7) is 4.36.